The summed E-state index contributed by atoms with van der Waals surface area (Å²) in [4.78, 5) is 8.24. The predicted octanol–water partition coefficient (Wildman–Crippen LogP) is 1.80. The summed E-state index contributed by atoms with van der Waals surface area (Å²) < 4.78 is 4.89. The number of guanidine groups is 1. The van der Waals surface area contributed by atoms with Gasteiger partial charge in [0.2, 0.25) is 5.89 Å². The molecule has 1 aromatic rings. The van der Waals surface area contributed by atoms with E-state index in [-0.39, 0.29) is 24.0 Å². The molecule has 0 fully saturated rings. The monoisotopic (exact) mass is 399 g/mol. The predicted molar refractivity (Wildman–Crippen MR) is 90.3 cm³/mol. The van der Waals surface area contributed by atoms with Crippen molar-refractivity contribution in [1.82, 2.24) is 20.8 Å². The summed E-state index contributed by atoms with van der Waals surface area (Å²) in [7, 11) is 1.75. The van der Waals surface area contributed by atoms with E-state index < -0.39 is 0 Å². The van der Waals surface area contributed by atoms with Crippen molar-refractivity contribution in [1.29, 1.82) is 0 Å². The molecule has 110 valence electrons. The molecule has 1 aromatic heterocycles. The largest absolute Gasteiger partial charge is 0.356 e. The van der Waals surface area contributed by atoms with Crippen LogP contribution in [0, 0.1) is 6.92 Å². The highest BCUT2D eigenvalue weighted by Crippen LogP contribution is 1.98. The Balaban J connectivity index is 0.00000324. The van der Waals surface area contributed by atoms with Gasteiger partial charge in [-0.05, 0) is 24.9 Å². The van der Waals surface area contributed by atoms with Crippen LogP contribution in [-0.2, 0) is 6.54 Å². The maximum Gasteiger partial charge on any atom is 0.223 e. The molecule has 0 unspecified atom stereocenters. The van der Waals surface area contributed by atoms with Crippen LogP contribution in [-0.4, -0.2) is 41.7 Å². The fourth-order valence-corrected chi connectivity index (χ4v) is 1.87. The first kappa shape index (κ1) is 18.5. The van der Waals surface area contributed by atoms with Crippen LogP contribution in [0.25, 0.3) is 0 Å². The molecule has 2 N–H and O–H groups in total. The summed E-state index contributed by atoms with van der Waals surface area (Å²) in [5.41, 5.74) is 0. The summed E-state index contributed by atoms with van der Waals surface area (Å²) in [5, 5.41) is 10.2. The second-order valence-corrected chi connectivity index (χ2v) is 4.77. The van der Waals surface area contributed by atoms with Gasteiger partial charge < -0.3 is 15.2 Å². The molecule has 0 bridgehead atoms. The molecule has 0 saturated carbocycles. The fourth-order valence-electron chi connectivity index (χ4n) is 1.37. The molecule has 0 aliphatic heterocycles. The Bertz CT molecular complexity index is 372. The minimum Gasteiger partial charge on any atom is -0.356 e. The number of aromatic nitrogens is 2. The van der Waals surface area contributed by atoms with E-state index in [9.17, 15) is 0 Å². The number of rotatable bonds is 7. The van der Waals surface area contributed by atoms with Gasteiger partial charge in [-0.3, -0.25) is 4.99 Å². The number of thioether (sulfide) groups is 1. The lowest BCUT2D eigenvalue weighted by Gasteiger charge is -2.09. The van der Waals surface area contributed by atoms with Crippen LogP contribution in [0.1, 0.15) is 24.6 Å². The van der Waals surface area contributed by atoms with Crippen LogP contribution < -0.4 is 10.6 Å². The van der Waals surface area contributed by atoms with Gasteiger partial charge in [0, 0.05) is 20.5 Å². The molecular weight excluding hydrogens is 377 g/mol. The lowest BCUT2D eigenvalue weighted by molar-refractivity contribution is 0.387. The molecule has 0 aliphatic rings. The Kier molecular flexibility index (Phi) is 11.0. The van der Waals surface area contributed by atoms with Gasteiger partial charge in [-0.2, -0.15) is 16.7 Å². The van der Waals surface area contributed by atoms with E-state index in [1.165, 1.54) is 12.2 Å². The van der Waals surface area contributed by atoms with E-state index in [1.54, 1.807) is 14.0 Å². The van der Waals surface area contributed by atoms with E-state index in [0.717, 1.165) is 18.9 Å². The van der Waals surface area contributed by atoms with Crippen molar-refractivity contribution in [2.75, 3.05) is 25.6 Å². The summed E-state index contributed by atoms with van der Waals surface area (Å²) in [6.07, 6.45) is 4.48. The van der Waals surface area contributed by atoms with Gasteiger partial charge in [0.1, 0.15) is 0 Å². The lowest BCUT2D eigenvalue weighted by Crippen LogP contribution is -2.37. The van der Waals surface area contributed by atoms with Crippen LogP contribution in [0.4, 0.5) is 0 Å². The zero-order chi connectivity index (χ0) is 13.2. The Morgan fingerprint density at radius 1 is 1.37 bits per heavy atom. The number of aryl methyl sites for hydroxylation is 1. The molecule has 0 aliphatic carbocycles. The Morgan fingerprint density at radius 3 is 2.74 bits per heavy atom. The molecule has 1 rings (SSSR count). The third kappa shape index (κ3) is 8.30. The summed E-state index contributed by atoms with van der Waals surface area (Å²) in [6, 6.07) is 0. The van der Waals surface area contributed by atoms with Gasteiger partial charge in [0.15, 0.2) is 11.8 Å². The maximum absolute atomic E-state index is 4.89. The van der Waals surface area contributed by atoms with Gasteiger partial charge in [-0.25, -0.2) is 0 Å². The highest BCUT2D eigenvalue weighted by atomic mass is 127. The molecule has 0 spiro atoms. The number of nitrogens with one attached hydrogen (secondary N) is 2. The van der Waals surface area contributed by atoms with Crippen molar-refractivity contribution in [3.8, 4) is 0 Å². The van der Waals surface area contributed by atoms with Gasteiger partial charge in [-0.15, -0.1) is 24.0 Å². The first-order valence-corrected chi connectivity index (χ1v) is 7.38. The average Bonchev–Trinajstić information content (AvgIpc) is 2.78. The van der Waals surface area contributed by atoms with Crippen molar-refractivity contribution in [3.63, 3.8) is 0 Å². The van der Waals surface area contributed by atoms with Crippen LogP contribution in [0.3, 0.4) is 0 Å². The first-order chi connectivity index (χ1) is 8.76. The highest BCUT2D eigenvalue weighted by molar-refractivity contribution is 14.0. The van der Waals surface area contributed by atoms with Crippen molar-refractivity contribution in [2.45, 2.75) is 26.3 Å². The maximum atomic E-state index is 4.89. The normalized spacial score (nSPS) is 11.0. The average molecular weight is 399 g/mol. The quantitative estimate of drug-likeness (QED) is 0.315. The summed E-state index contributed by atoms with van der Waals surface area (Å²) >= 11 is 1.88. The molecule has 0 atom stereocenters. The summed E-state index contributed by atoms with van der Waals surface area (Å²) in [6.45, 7) is 3.21. The van der Waals surface area contributed by atoms with Crippen molar-refractivity contribution in [2.24, 2.45) is 4.99 Å². The topological polar surface area (TPSA) is 75.3 Å². The minimum absolute atomic E-state index is 0. The van der Waals surface area contributed by atoms with Gasteiger partial charge in [0.25, 0.3) is 0 Å². The van der Waals surface area contributed by atoms with Gasteiger partial charge in [0.05, 0.1) is 6.54 Å². The van der Waals surface area contributed by atoms with Crippen LogP contribution in [0.2, 0.25) is 0 Å². The molecule has 19 heavy (non-hydrogen) atoms. The van der Waals surface area contributed by atoms with Gasteiger partial charge >= 0.3 is 0 Å². The van der Waals surface area contributed by atoms with Crippen molar-refractivity contribution >= 4 is 41.7 Å². The number of halogens is 1. The number of hydrogen-bond acceptors (Lipinski definition) is 5. The van der Waals surface area contributed by atoms with E-state index in [1.807, 2.05) is 11.8 Å². The number of aliphatic imine (C=N–C) groups is 1. The SMILES string of the molecule is CN=C(NCCCCSC)NCc1noc(C)n1.I. The van der Waals surface area contributed by atoms with Gasteiger partial charge in [-0.1, -0.05) is 5.16 Å². The van der Waals surface area contributed by atoms with Crippen LogP contribution in [0.5, 0.6) is 0 Å². The fraction of sp³-hybridized carbons (Fsp3) is 0.727. The first-order valence-electron chi connectivity index (χ1n) is 5.99. The molecule has 8 heteroatoms. The second kappa shape index (κ2) is 11.3. The molecule has 1 heterocycles. The Labute approximate surface area is 135 Å². The lowest BCUT2D eigenvalue weighted by atomic mass is 10.3. The minimum atomic E-state index is 0. The zero-order valence-electron chi connectivity index (χ0n) is 11.6. The molecular formula is C11H22IN5OS. The Hall–Kier alpha value is -0.510. The van der Waals surface area contributed by atoms with Crippen LogP contribution >= 0.6 is 35.7 Å². The van der Waals surface area contributed by atoms with E-state index in [4.69, 9.17) is 4.52 Å². The van der Waals surface area contributed by atoms with Crippen LogP contribution in [0.15, 0.2) is 9.52 Å². The standard InChI is InChI=1S/C11H21N5OS.HI/c1-9-15-10(16-17-9)8-14-11(12-2)13-6-4-5-7-18-3;/h4-8H2,1-3H3,(H2,12,13,14);1H. The third-order valence-corrected chi connectivity index (χ3v) is 2.97. The van der Waals surface area contributed by atoms with E-state index in [0.29, 0.717) is 18.3 Å². The molecule has 0 saturated heterocycles. The molecule has 0 radical (unpaired) electrons. The highest BCUT2D eigenvalue weighted by Gasteiger charge is 2.03. The molecule has 0 aromatic carbocycles. The molecule has 0 amide bonds. The number of nitrogens with zero attached hydrogens (tertiary/aromatic N) is 3. The molecule has 6 nitrogen and oxygen atoms in total. The number of hydrogen-bond donors (Lipinski definition) is 2. The van der Waals surface area contributed by atoms with Crippen molar-refractivity contribution < 1.29 is 4.52 Å². The zero-order valence-corrected chi connectivity index (χ0v) is 14.7. The smallest absolute Gasteiger partial charge is 0.223 e. The Morgan fingerprint density at radius 2 is 2.16 bits per heavy atom. The van der Waals surface area contributed by atoms with E-state index >= 15 is 0 Å². The number of unbranched alkanes of at least 4 members (excludes halogenated alkanes) is 1. The van der Waals surface area contributed by atoms with E-state index in [2.05, 4.69) is 32.0 Å². The second-order valence-electron chi connectivity index (χ2n) is 3.78. The summed E-state index contributed by atoms with van der Waals surface area (Å²) in [5.74, 6) is 3.18. The van der Waals surface area contributed by atoms with Crippen molar-refractivity contribution in [3.05, 3.63) is 11.7 Å². The third-order valence-electron chi connectivity index (χ3n) is 2.27.